The molecule has 0 bridgehead atoms. The summed E-state index contributed by atoms with van der Waals surface area (Å²) in [7, 11) is -1.66. The van der Waals surface area contributed by atoms with Crippen molar-refractivity contribution >= 4 is 25.3 Å². The Hall–Kier alpha value is -1.69. The number of carbonyl (C=O) groups is 1. The molecule has 0 aliphatic heterocycles. The van der Waals surface area contributed by atoms with Gasteiger partial charge in [0.25, 0.3) is 0 Å². The average Bonchev–Trinajstić information content (AvgIpc) is 2.63. The fourth-order valence-electron chi connectivity index (χ4n) is 4.60. The maximum Gasteiger partial charge on any atom is 4.00 e. The molecule has 1 N–H and O–H groups in total. The van der Waals surface area contributed by atoms with E-state index in [2.05, 4.69) is 72.5 Å². The minimum atomic E-state index is -1.66. The van der Waals surface area contributed by atoms with Gasteiger partial charge in [0.15, 0.2) is 0 Å². The summed E-state index contributed by atoms with van der Waals surface area (Å²) >= 11 is 0. The molecule has 0 saturated heterocycles. The standard InChI is InChI=1S/C27H36O2Si.Mn.2O/c1-18-15-22-23(27(4,5)14-13-26(22,2)3)17-21(18)24(30(6,7)8)16-19-9-11-20(12-10-19)25(28)29;;;/h9-12,15-17H,13-14H2,1-8H3,(H,28,29);;;/q;+4;2*-2/b24-16-;;;. The van der Waals surface area contributed by atoms with Crippen molar-refractivity contribution in [2.45, 2.75) is 77.9 Å². The fraction of sp³-hybridized carbons (Fsp3) is 0.444. The van der Waals surface area contributed by atoms with Crippen LogP contribution in [0.2, 0.25) is 19.6 Å². The summed E-state index contributed by atoms with van der Waals surface area (Å²) in [6, 6.07) is 12.1. The SMILES string of the molecule is Cc1cc2c(cc1/C(=C/c1ccc(C(=O)O)cc1)[Si](C)(C)C)C(C)(C)CCC2(C)C.[Mn+4].[O-2].[O-2]. The maximum atomic E-state index is 11.2. The van der Waals surface area contributed by atoms with Crippen LogP contribution in [-0.4, -0.2) is 19.1 Å². The van der Waals surface area contributed by atoms with Crippen molar-refractivity contribution in [2.75, 3.05) is 0 Å². The molecule has 0 heterocycles. The second kappa shape index (κ2) is 10.7. The first-order chi connectivity index (χ1) is 13.7. The van der Waals surface area contributed by atoms with Crippen LogP contribution in [0.4, 0.5) is 0 Å². The molecule has 0 saturated carbocycles. The molecule has 0 unspecified atom stereocenters. The van der Waals surface area contributed by atoms with Crippen LogP contribution in [0.1, 0.15) is 78.7 Å². The Morgan fingerprint density at radius 1 is 0.909 bits per heavy atom. The van der Waals surface area contributed by atoms with Gasteiger partial charge >= 0.3 is 23.0 Å². The van der Waals surface area contributed by atoms with Crippen LogP contribution in [0.3, 0.4) is 0 Å². The first-order valence-corrected chi connectivity index (χ1v) is 14.4. The van der Waals surface area contributed by atoms with Crippen LogP contribution in [0.25, 0.3) is 11.3 Å². The normalized spacial score (nSPS) is 16.4. The van der Waals surface area contributed by atoms with Gasteiger partial charge in [-0.05, 0) is 70.5 Å². The quantitative estimate of drug-likeness (QED) is 0.349. The molecule has 4 nitrogen and oxygen atoms in total. The van der Waals surface area contributed by atoms with Gasteiger partial charge in [0.1, 0.15) is 0 Å². The molecule has 0 amide bonds. The first kappa shape index (κ1) is 31.3. The van der Waals surface area contributed by atoms with E-state index < -0.39 is 14.0 Å². The van der Waals surface area contributed by atoms with Gasteiger partial charge in [-0.25, -0.2) is 4.79 Å². The molecular formula is C27H36MnO4Si. The number of hydrogen-bond donors (Lipinski definition) is 1. The Labute approximate surface area is 210 Å². The molecule has 0 fully saturated rings. The number of carboxylic acids is 1. The monoisotopic (exact) mass is 507 g/mol. The summed E-state index contributed by atoms with van der Waals surface area (Å²) in [6.07, 6.45) is 4.71. The van der Waals surface area contributed by atoms with E-state index in [0.717, 1.165) is 5.56 Å². The van der Waals surface area contributed by atoms with Gasteiger partial charge in [-0.15, -0.1) is 0 Å². The van der Waals surface area contributed by atoms with Gasteiger partial charge in [-0.2, -0.15) is 0 Å². The number of benzene rings is 2. The van der Waals surface area contributed by atoms with E-state index in [1.54, 1.807) is 12.1 Å². The second-order valence-electron chi connectivity index (χ2n) is 11.2. The molecular weight excluding hydrogens is 471 g/mol. The topological polar surface area (TPSA) is 94.3 Å². The van der Waals surface area contributed by atoms with E-state index >= 15 is 0 Å². The summed E-state index contributed by atoms with van der Waals surface area (Å²) in [5.41, 5.74) is 7.48. The fourth-order valence-corrected chi connectivity index (χ4v) is 6.28. The maximum absolute atomic E-state index is 11.2. The van der Waals surface area contributed by atoms with E-state index in [0.29, 0.717) is 5.56 Å². The number of hydrogen-bond acceptors (Lipinski definition) is 1. The predicted octanol–water partition coefficient (Wildman–Crippen LogP) is 7.22. The van der Waals surface area contributed by atoms with E-state index in [4.69, 9.17) is 0 Å². The number of aryl methyl sites for hydroxylation is 1. The number of rotatable bonds is 4. The van der Waals surface area contributed by atoms with Crippen molar-refractivity contribution in [3.63, 3.8) is 0 Å². The minimum Gasteiger partial charge on any atom is -2.00 e. The number of fused-ring (bicyclic) bond motifs is 1. The van der Waals surface area contributed by atoms with Gasteiger partial charge < -0.3 is 16.1 Å². The summed E-state index contributed by atoms with van der Waals surface area (Å²) in [6.45, 7) is 18.9. The average molecular weight is 508 g/mol. The van der Waals surface area contributed by atoms with Gasteiger partial charge in [-0.1, -0.05) is 82.9 Å². The Balaban J connectivity index is 0.00000341. The molecule has 1 radical (unpaired) electrons. The van der Waals surface area contributed by atoms with E-state index in [1.807, 2.05) is 12.1 Å². The molecule has 0 spiro atoms. The Morgan fingerprint density at radius 3 is 1.79 bits per heavy atom. The third-order valence-electron chi connectivity index (χ3n) is 6.76. The van der Waals surface area contributed by atoms with E-state index in [9.17, 15) is 9.90 Å². The molecule has 2 aromatic rings. The van der Waals surface area contributed by atoms with Crippen LogP contribution in [0.15, 0.2) is 36.4 Å². The summed E-state index contributed by atoms with van der Waals surface area (Å²) in [5, 5.41) is 10.6. The van der Waals surface area contributed by atoms with Gasteiger partial charge in [-0.3, -0.25) is 0 Å². The molecule has 6 heteroatoms. The van der Waals surface area contributed by atoms with E-state index in [-0.39, 0.29) is 38.9 Å². The smallest absolute Gasteiger partial charge is 2.00 e. The van der Waals surface area contributed by atoms with Crippen LogP contribution < -0.4 is 0 Å². The molecule has 1 aliphatic rings. The first-order valence-electron chi connectivity index (χ1n) is 10.9. The second-order valence-corrected chi connectivity index (χ2v) is 16.3. The number of carboxylic acid groups (broad SMARTS) is 1. The van der Waals surface area contributed by atoms with Crippen LogP contribution >= 0.6 is 0 Å². The largest absolute Gasteiger partial charge is 4.00 e. The zero-order chi connectivity index (χ0) is 22.5. The summed E-state index contributed by atoms with van der Waals surface area (Å²) in [5.74, 6) is -0.883. The van der Waals surface area contributed by atoms with Crippen molar-refractivity contribution in [1.82, 2.24) is 0 Å². The van der Waals surface area contributed by atoms with Crippen molar-refractivity contribution in [3.8, 4) is 0 Å². The van der Waals surface area contributed by atoms with Crippen molar-refractivity contribution in [2.24, 2.45) is 0 Å². The van der Waals surface area contributed by atoms with Gasteiger partial charge in [0, 0.05) is 0 Å². The Morgan fingerprint density at radius 2 is 1.36 bits per heavy atom. The molecule has 3 rings (SSSR count). The zero-order valence-corrected chi connectivity index (χ0v) is 23.2. The predicted molar refractivity (Wildman–Crippen MR) is 132 cm³/mol. The van der Waals surface area contributed by atoms with Crippen molar-refractivity contribution in [3.05, 3.63) is 69.8 Å². The summed E-state index contributed by atoms with van der Waals surface area (Å²) < 4.78 is 0. The minimum absolute atomic E-state index is 0. The zero-order valence-electron chi connectivity index (χ0n) is 21.0. The van der Waals surface area contributed by atoms with Crippen LogP contribution in [-0.2, 0) is 38.9 Å². The van der Waals surface area contributed by atoms with Gasteiger partial charge in [0.05, 0.1) is 13.6 Å². The van der Waals surface area contributed by atoms with Crippen LogP contribution in [0, 0.1) is 6.92 Å². The van der Waals surface area contributed by atoms with Gasteiger partial charge in [0.2, 0.25) is 0 Å². The molecule has 2 aromatic carbocycles. The Kier molecular flexibility index (Phi) is 10.2. The third kappa shape index (κ3) is 6.46. The third-order valence-corrected chi connectivity index (χ3v) is 8.79. The molecule has 0 aromatic heterocycles. The summed E-state index contributed by atoms with van der Waals surface area (Å²) in [4.78, 5) is 11.2. The van der Waals surface area contributed by atoms with Crippen molar-refractivity contribution in [1.29, 1.82) is 0 Å². The Bertz CT molecular complexity index is 1020. The van der Waals surface area contributed by atoms with Crippen LogP contribution in [0.5, 0.6) is 0 Å². The van der Waals surface area contributed by atoms with E-state index in [1.165, 1.54) is 40.3 Å². The van der Waals surface area contributed by atoms with Crippen molar-refractivity contribution < 1.29 is 37.9 Å². The molecule has 33 heavy (non-hydrogen) atoms. The molecule has 179 valence electrons. The molecule has 0 atom stereocenters. The molecule has 1 aliphatic carbocycles. The number of aromatic carboxylic acids is 1.